The van der Waals surface area contributed by atoms with Gasteiger partial charge in [0.25, 0.3) is 21.6 Å². The van der Waals surface area contributed by atoms with Crippen LogP contribution in [0.3, 0.4) is 0 Å². The molecule has 0 saturated carbocycles. The summed E-state index contributed by atoms with van der Waals surface area (Å²) in [5.41, 5.74) is 0.783. The minimum atomic E-state index is -3.90. The van der Waals surface area contributed by atoms with Crippen molar-refractivity contribution in [2.24, 2.45) is 0 Å². The zero-order valence-corrected chi connectivity index (χ0v) is 14.5. The lowest BCUT2D eigenvalue weighted by Crippen LogP contribution is -2.22. The number of nitrogens with zero attached hydrogens (tertiary/aromatic N) is 1. The number of aryl methyl sites for hydroxylation is 1. The second kappa shape index (κ2) is 7.31. The minimum Gasteiger partial charge on any atom is -0.352 e. The second-order valence-corrected chi connectivity index (χ2v) is 6.90. The fourth-order valence-electron chi connectivity index (χ4n) is 2.21. The quantitative estimate of drug-likeness (QED) is 0.604. The fourth-order valence-corrected chi connectivity index (χ4v) is 3.50. The lowest BCUT2D eigenvalue weighted by molar-refractivity contribution is -0.385. The van der Waals surface area contributed by atoms with E-state index in [9.17, 15) is 23.3 Å². The molecule has 2 N–H and O–H groups in total. The van der Waals surface area contributed by atoms with Gasteiger partial charge < -0.3 is 5.32 Å². The summed E-state index contributed by atoms with van der Waals surface area (Å²) >= 11 is 0. The van der Waals surface area contributed by atoms with E-state index in [0.29, 0.717) is 12.1 Å². The highest BCUT2D eigenvalue weighted by Gasteiger charge is 2.19. The van der Waals surface area contributed by atoms with Gasteiger partial charge in [0.2, 0.25) is 0 Å². The summed E-state index contributed by atoms with van der Waals surface area (Å²) in [4.78, 5) is 21.8. The SMILES string of the molecule is CCNC(=O)c1ccc(NS(=O)(=O)c2ccc([N+](=O)[O-])cc2C)cc1. The first-order chi connectivity index (χ1) is 11.7. The third-order valence-electron chi connectivity index (χ3n) is 3.40. The lowest BCUT2D eigenvalue weighted by atomic mass is 10.2. The van der Waals surface area contributed by atoms with Gasteiger partial charge in [-0.3, -0.25) is 19.6 Å². The zero-order valence-electron chi connectivity index (χ0n) is 13.6. The molecule has 0 atom stereocenters. The average molecular weight is 363 g/mol. The number of hydrogen-bond donors (Lipinski definition) is 2. The molecule has 2 aromatic carbocycles. The highest BCUT2D eigenvalue weighted by molar-refractivity contribution is 7.92. The topological polar surface area (TPSA) is 118 Å². The van der Waals surface area contributed by atoms with E-state index >= 15 is 0 Å². The molecule has 0 saturated heterocycles. The molecule has 8 nitrogen and oxygen atoms in total. The molecule has 0 aromatic heterocycles. The molecule has 2 aromatic rings. The molecule has 0 aliphatic rings. The highest BCUT2D eigenvalue weighted by Crippen LogP contribution is 2.23. The molecular weight excluding hydrogens is 346 g/mol. The third kappa shape index (κ3) is 4.32. The lowest BCUT2D eigenvalue weighted by Gasteiger charge is -2.11. The summed E-state index contributed by atoms with van der Waals surface area (Å²) in [6, 6.07) is 9.49. The van der Waals surface area contributed by atoms with Gasteiger partial charge in [-0.2, -0.15) is 0 Å². The van der Waals surface area contributed by atoms with Gasteiger partial charge in [0.1, 0.15) is 0 Å². The molecule has 0 aliphatic carbocycles. The summed E-state index contributed by atoms with van der Waals surface area (Å²) in [5.74, 6) is -0.247. The van der Waals surface area contributed by atoms with E-state index in [-0.39, 0.29) is 27.7 Å². The number of amides is 1. The molecule has 0 unspecified atom stereocenters. The van der Waals surface area contributed by atoms with Gasteiger partial charge in [0.15, 0.2) is 0 Å². The van der Waals surface area contributed by atoms with Crippen LogP contribution in [0, 0.1) is 17.0 Å². The van der Waals surface area contributed by atoms with Crippen molar-refractivity contribution >= 4 is 27.3 Å². The molecule has 1 amide bonds. The van der Waals surface area contributed by atoms with E-state index in [0.717, 1.165) is 6.07 Å². The van der Waals surface area contributed by atoms with Gasteiger partial charge in [-0.1, -0.05) is 0 Å². The Hall–Kier alpha value is -2.94. The standard InChI is InChI=1S/C16H17N3O5S/c1-3-17-16(20)12-4-6-13(7-5-12)18-25(23,24)15-9-8-14(19(21)22)10-11(15)2/h4-10,18H,3H2,1-2H3,(H,17,20). The average Bonchev–Trinajstić information content (AvgIpc) is 2.55. The minimum absolute atomic E-state index is 0.0501. The number of nitro benzene ring substituents is 1. The number of hydrogen-bond acceptors (Lipinski definition) is 5. The number of sulfonamides is 1. The molecule has 0 fully saturated rings. The van der Waals surface area contributed by atoms with Crippen molar-refractivity contribution in [3.8, 4) is 0 Å². The molecule has 0 aliphatic heterocycles. The Morgan fingerprint density at radius 3 is 2.32 bits per heavy atom. The van der Waals surface area contributed by atoms with Gasteiger partial charge in [-0.15, -0.1) is 0 Å². The molecule has 25 heavy (non-hydrogen) atoms. The van der Waals surface area contributed by atoms with E-state index < -0.39 is 14.9 Å². The number of non-ortho nitro benzene ring substituents is 1. The predicted molar refractivity (Wildman–Crippen MR) is 93.1 cm³/mol. The van der Waals surface area contributed by atoms with Crippen LogP contribution in [0.2, 0.25) is 0 Å². The van der Waals surface area contributed by atoms with E-state index in [4.69, 9.17) is 0 Å². The number of benzene rings is 2. The van der Waals surface area contributed by atoms with Crippen molar-refractivity contribution in [3.05, 3.63) is 63.7 Å². The van der Waals surface area contributed by atoms with Crippen LogP contribution >= 0.6 is 0 Å². The number of nitro groups is 1. The van der Waals surface area contributed by atoms with Crippen molar-refractivity contribution < 1.29 is 18.1 Å². The zero-order chi connectivity index (χ0) is 18.6. The van der Waals surface area contributed by atoms with Crippen LogP contribution in [0.25, 0.3) is 0 Å². The Balaban J connectivity index is 2.24. The van der Waals surface area contributed by atoms with Crippen LogP contribution in [-0.2, 0) is 10.0 Å². The molecule has 0 heterocycles. The maximum absolute atomic E-state index is 12.5. The number of carbonyl (C=O) groups is 1. The van der Waals surface area contributed by atoms with E-state index in [1.165, 1.54) is 43.3 Å². The maximum Gasteiger partial charge on any atom is 0.269 e. The van der Waals surface area contributed by atoms with Gasteiger partial charge in [-0.05, 0) is 49.7 Å². The van der Waals surface area contributed by atoms with Crippen LogP contribution in [0.4, 0.5) is 11.4 Å². The van der Waals surface area contributed by atoms with Crippen LogP contribution < -0.4 is 10.0 Å². The molecule has 0 radical (unpaired) electrons. The molecular formula is C16H17N3O5S. The monoisotopic (exact) mass is 363 g/mol. The van der Waals surface area contributed by atoms with Crippen molar-refractivity contribution in [1.82, 2.24) is 5.32 Å². The number of nitrogens with one attached hydrogen (secondary N) is 2. The normalized spacial score (nSPS) is 11.0. The third-order valence-corrected chi connectivity index (χ3v) is 4.94. The van der Waals surface area contributed by atoms with Gasteiger partial charge in [-0.25, -0.2) is 8.42 Å². The van der Waals surface area contributed by atoms with E-state index in [2.05, 4.69) is 10.0 Å². The van der Waals surface area contributed by atoms with Crippen LogP contribution in [0.15, 0.2) is 47.4 Å². The van der Waals surface area contributed by atoms with Crippen molar-refractivity contribution in [3.63, 3.8) is 0 Å². The first kappa shape index (κ1) is 18.4. The first-order valence-electron chi connectivity index (χ1n) is 7.40. The summed E-state index contributed by atoms with van der Waals surface area (Å²) in [6.07, 6.45) is 0. The maximum atomic E-state index is 12.5. The molecule has 132 valence electrons. The summed E-state index contributed by atoms with van der Waals surface area (Å²) < 4.78 is 27.3. The summed E-state index contributed by atoms with van der Waals surface area (Å²) in [6.45, 7) is 3.78. The van der Waals surface area contributed by atoms with Crippen LogP contribution in [0.1, 0.15) is 22.8 Å². The first-order valence-corrected chi connectivity index (χ1v) is 8.89. The number of rotatable bonds is 6. The Kier molecular flexibility index (Phi) is 5.38. The molecule has 0 spiro atoms. The Labute approximate surface area is 145 Å². The summed E-state index contributed by atoms with van der Waals surface area (Å²) in [7, 11) is -3.90. The molecule has 2 rings (SSSR count). The van der Waals surface area contributed by atoms with Gasteiger partial charge in [0.05, 0.1) is 9.82 Å². The Morgan fingerprint density at radius 1 is 1.16 bits per heavy atom. The van der Waals surface area contributed by atoms with Crippen LogP contribution in [0.5, 0.6) is 0 Å². The Morgan fingerprint density at radius 2 is 1.80 bits per heavy atom. The largest absolute Gasteiger partial charge is 0.352 e. The van der Waals surface area contributed by atoms with Crippen molar-refractivity contribution in [1.29, 1.82) is 0 Å². The second-order valence-electron chi connectivity index (χ2n) is 5.25. The Bertz CT molecular complexity index is 908. The van der Waals surface area contributed by atoms with E-state index in [1.807, 2.05) is 0 Å². The highest BCUT2D eigenvalue weighted by atomic mass is 32.2. The summed E-state index contributed by atoms with van der Waals surface area (Å²) in [5, 5.41) is 13.4. The fraction of sp³-hybridized carbons (Fsp3) is 0.188. The smallest absolute Gasteiger partial charge is 0.269 e. The van der Waals surface area contributed by atoms with Crippen molar-refractivity contribution in [2.75, 3.05) is 11.3 Å². The van der Waals surface area contributed by atoms with Crippen molar-refractivity contribution in [2.45, 2.75) is 18.7 Å². The number of anilines is 1. The predicted octanol–water partition coefficient (Wildman–Crippen LogP) is 2.45. The van der Waals surface area contributed by atoms with Gasteiger partial charge >= 0.3 is 0 Å². The van der Waals surface area contributed by atoms with Crippen LogP contribution in [-0.4, -0.2) is 25.8 Å². The van der Waals surface area contributed by atoms with E-state index in [1.54, 1.807) is 6.92 Å². The number of carbonyl (C=O) groups excluding carboxylic acids is 1. The molecule has 9 heteroatoms. The molecule has 0 bridgehead atoms. The van der Waals surface area contributed by atoms with Gasteiger partial charge in [0, 0.05) is 29.9 Å².